The molecule has 18 heavy (non-hydrogen) atoms. The van der Waals surface area contributed by atoms with Crippen molar-refractivity contribution in [3.8, 4) is 5.75 Å². The molecule has 1 aromatic heterocycles. The van der Waals surface area contributed by atoms with Gasteiger partial charge in [0, 0.05) is 5.69 Å². The van der Waals surface area contributed by atoms with Crippen LogP contribution in [0.15, 0.2) is 42.6 Å². The molecule has 0 unspecified atom stereocenters. The van der Waals surface area contributed by atoms with Gasteiger partial charge in [0.1, 0.15) is 5.75 Å². The summed E-state index contributed by atoms with van der Waals surface area (Å²) >= 11 is 0. The molecule has 0 radical (unpaired) electrons. The quantitative estimate of drug-likeness (QED) is 0.845. The first-order valence-electron chi connectivity index (χ1n) is 6.24. The first-order valence-corrected chi connectivity index (χ1v) is 6.24. The molecule has 0 atom stereocenters. The van der Waals surface area contributed by atoms with Crippen LogP contribution in [0.2, 0.25) is 0 Å². The van der Waals surface area contributed by atoms with E-state index in [1.54, 1.807) is 6.07 Å². The molecular formula is C15H18N2O. The minimum absolute atomic E-state index is 0.197. The molecular weight excluding hydrogens is 224 g/mol. The molecule has 1 aromatic carbocycles. The smallest absolute Gasteiger partial charge is 0.133 e. The van der Waals surface area contributed by atoms with Gasteiger partial charge >= 0.3 is 0 Å². The van der Waals surface area contributed by atoms with Gasteiger partial charge in [0.15, 0.2) is 0 Å². The Morgan fingerprint density at radius 2 is 1.89 bits per heavy atom. The van der Waals surface area contributed by atoms with Gasteiger partial charge in [0.25, 0.3) is 0 Å². The molecule has 2 rings (SSSR count). The van der Waals surface area contributed by atoms with Gasteiger partial charge in [-0.1, -0.05) is 25.5 Å². The first kappa shape index (κ1) is 12.4. The predicted octanol–water partition coefficient (Wildman–Crippen LogP) is 3.35. The molecule has 1 heterocycles. The molecule has 0 spiro atoms. The molecule has 94 valence electrons. The van der Waals surface area contributed by atoms with Gasteiger partial charge in [0.2, 0.25) is 0 Å². The van der Waals surface area contributed by atoms with Crippen molar-refractivity contribution in [1.29, 1.82) is 0 Å². The molecule has 0 saturated heterocycles. The highest BCUT2D eigenvalue weighted by Gasteiger charge is 1.96. The SMILES string of the molecule is CCCc1ccc(NCc2ccc(O)cn2)cc1. The maximum atomic E-state index is 9.14. The highest BCUT2D eigenvalue weighted by Crippen LogP contribution is 2.12. The van der Waals surface area contributed by atoms with Crippen molar-refractivity contribution < 1.29 is 5.11 Å². The largest absolute Gasteiger partial charge is 0.506 e. The number of anilines is 1. The third kappa shape index (κ3) is 3.48. The Hall–Kier alpha value is -2.03. The van der Waals surface area contributed by atoms with Crippen molar-refractivity contribution in [3.63, 3.8) is 0 Å². The summed E-state index contributed by atoms with van der Waals surface area (Å²) in [5, 5.41) is 12.4. The van der Waals surface area contributed by atoms with Crippen LogP contribution in [-0.2, 0) is 13.0 Å². The van der Waals surface area contributed by atoms with Crippen LogP contribution in [0.4, 0.5) is 5.69 Å². The number of hydrogen-bond donors (Lipinski definition) is 2. The van der Waals surface area contributed by atoms with Crippen LogP contribution in [0.3, 0.4) is 0 Å². The van der Waals surface area contributed by atoms with Crippen LogP contribution in [0, 0.1) is 0 Å². The average molecular weight is 242 g/mol. The lowest BCUT2D eigenvalue weighted by molar-refractivity contribution is 0.472. The Balaban J connectivity index is 1.91. The molecule has 0 bridgehead atoms. The van der Waals surface area contributed by atoms with Crippen LogP contribution in [0.5, 0.6) is 5.75 Å². The molecule has 3 nitrogen and oxygen atoms in total. The minimum Gasteiger partial charge on any atom is -0.506 e. The third-order valence-electron chi connectivity index (χ3n) is 2.78. The second-order valence-electron chi connectivity index (χ2n) is 4.31. The van der Waals surface area contributed by atoms with Crippen LogP contribution in [0.25, 0.3) is 0 Å². The second-order valence-corrected chi connectivity index (χ2v) is 4.31. The summed E-state index contributed by atoms with van der Waals surface area (Å²) in [6, 6.07) is 11.9. The molecule has 0 amide bonds. The Morgan fingerprint density at radius 3 is 2.50 bits per heavy atom. The normalized spacial score (nSPS) is 10.3. The van der Waals surface area contributed by atoms with Crippen LogP contribution >= 0.6 is 0 Å². The standard InChI is InChI=1S/C15H18N2O/c1-2-3-12-4-6-13(7-5-12)16-10-14-8-9-15(18)11-17-14/h4-9,11,16,18H,2-3,10H2,1H3. The molecule has 2 aromatic rings. The number of aryl methyl sites for hydroxylation is 1. The second kappa shape index (κ2) is 6.05. The van der Waals surface area contributed by atoms with Gasteiger partial charge in [0.05, 0.1) is 18.4 Å². The van der Waals surface area contributed by atoms with Crippen molar-refractivity contribution >= 4 is 5.69 Å². The van der Waals surface area contributed by atoms with Gasteiger partial charge in [-0.25, -0.2) is 0 Å². The van der Waals surface area contributed by atoms with Gasteiger partial charge in [-0.2, -0.15) is 0 Å². The fourth-order valence-electron chi connectivity index (χ4n) is 1.79. The molecule has 0 saturated carbocycles. The monoisotopic (exact) mass is 242 g/mol. The summed E-state index contributed by atoms with van der Waals surface area (Å²) in [4.78, 5) is 4.13. The van der Waals surface area contributed by atoms with Crippen molar-refractivity contribution in [1.82, 2.24) is 4.98 Å². The molecule has 0 aliphatic carbocycles. The van der Waals surface area contributed by atoms with E-state index in [1.165, 1.54) is 18.2 Å². The lowest BCUT2D eigenvalue weighted by atomic mass is 10.1. The summed E-state index contributed by atoms with van der Waals surface area (Å²) in [5.74, 6) is 0.197. The third-order valence-corrected chi connectivity index (χ3v) is 2.78. The summed E-state index contributed by atoms with van der Waals surface area (Å²) in [7, 11) is 0. The topological polar surface area (TPSA) is 45.1 Å². The number of benzene rings is 1. The molecule has 2 N–H and O–H groups in total. The van der Waals surface area contributed by atoms with E-state index >= 15 is 0 Å². The number of rotatable bonds is 5. The zero-order valence-corrected chi connectivity index (χ0v) is 10.6. The van der Waals surface area contributed by atoms with Crippen molar-refractivity contribution in [2.24, 2.45) is 0 Å². The minimum atomic E-state index is 0.197. The Bertz CT molecular complexity index is 477. The number of aromatic nitrogens is 1. The van der Waals surface area contributed by atoms with Gasteiger partial charge in [-0.3, -0.25) is 4.98 Å². The lowest BCUT2D eigenvalue weighted by Crippen LogP contribution is -2.01. The van der Waals surface area contributed by atoms with Crippen molar-refractivity contribution in [2.45, 2.75) is 26.3 Å². The number of pyridine rings is 1. The summed E-state index contributed by atoms with van der Waals surface area (Å²) in [5.41, 5.74) is 3.36. The number of nitrogens with zero attached hydrogens (tertiary/aromatic N) is 1. The van der Waals surface area contributed by atoms with Gasteiger partial charge in [-0.15, -0.1) is 0 Å². The van der Waals surface area contributed by atoms with E-state index < -0.39 is 0 Å². The zero-order valence-electron chi connectivity index (χ0n) is 10.6. The fourth-order valence-corrected chi connectivity index (χ4v) is 1.79. The van der Waals surface area contributed by atoms with Gasteiger partial charge < -0.3 is 10.4 Å². The summed E-state index contributed by atoms with van der Waals surface area (Å²) in [6.45, 7) is 2.84. The molecule has 0 fully saturated rings. The number of nitrogens with one attached hydrogen (secondary N) is 1. The fraction of sp³-hybridized carbons (Fsp3) is 0.267. The molecule has 0 aliphatic rings. The van der Waals surface area contributed by atoms with Crippen LogP contribution in [-0.4, -0.2) is 10.1 Å². The van der Waals surface area contributed by atoms with Crippen molar-refractivity contribution in [3.05, 3.63) is 53.9 Å². The molecule has 3 heteroatoms. The average Bonchev–Trinajstić information content (AvgIpc) is 2.40. The lowest BCUT2D eigenvalue weighted by Gasteiger charge is -2.07. The maximum absolute atomic E-state index is 9.14. The van der Waals surface area contributed by atoms with E-state index in [0.717, 1.165) is 17.8 Å². The highest BCUT2D eigenvalue weighted by atomic mass is 16.3. The highest BCUT2D eigenvalue weighted by molar-refractivity contribution is 5.44. The summed E-state index contributed by atoms with van der Waals surface area (Å²) in [6.07, 6.45) is 3.76. The van der Waals surface area contributed by atoms with Crippen molar-refractivity contribution in [2.75, 3.05) is 5.32 Å². The Morgan fingerprint density at radius 1 is 1.11 bits per heavy atom. The Kier molecular flexibility index (Phi) is 4.18. The first-order chi connectivity index (χ1) is 8.78. The van der Waals surface area contributed by atoms with Gasteiger partial charge in [-0.05, 0) is 36.2 Å². The zero-order chi connectivity index (χ0) is 12.8. The van der Waals surface area contributed by atoms with E-state index in [-0.39, 0.29) is 5.75 Å². The Labute approximate surface area is 108 Å². The summed E-state index contributed by atoms with van der Waals surface area (Å²) < 4.78 is 0. The maximum Gasteiger partial charge on any atom is 0.133 e. The van der Waals surface area contributed by atoms with Crippen LogP contribution < -0.4 is 5.32 Å². The van der Waals surface area contributed by atoms with E-state index in [1.807, 2.05) is 6.07 Å². The van der Waals surface area contributed by atoms with Crippen LogP contribution in [0.1, 0.15) is 24.6 Å². The van der Waals surface area contributed by atoms with E-state index in [2.05, 4.69) is 41.5 Å². The van der Waals surface area contributed by atoms with E-state index in [0.29, 0.717) is 6.54 Å². The van der Waals surface area contributed by atoms with E-state index in [4.69, 9.17) is 5.11 Å². The number of aromatic hydroxyl groups is 1. The van der Waals surface area contributed by atoms with E-state index in [9.17, 15) is 0 Å². The predicted molar refractivity (Wildman–Crippen MR) is 73.7 cm³/mol. The number of hydrogen-bond acceptors (Lipinski definition) is 3. The molecule has 0 aliphatic heterocycles.